The number of hydrogen-bond acceptors (Lipinski definition) is 4. The first-order valence-electron chi connectivity index (χ1n) is 9.11. The molecule has 0 saturated heterocycles. The molecule has 0 spiro atoms. The number of carbonyl (C=O) groups excluding carboxylic acids is 3. The number of ketones is 1. The summed E-state index contributed by atoms with van der Waals surface area (Å²) in [5.74, 6) is -7.00. The van der Waals surface area contributed by atoms with Gasteiger partial charge in [0.2, 0.25) is 0 Å². The van der Waals surface area contributed by atoms with Crippen LogP contribution in [0.1, 0.15) is 52.9 Å². The van der Waals surface area contributed by atoms with E-state index in [9.17, 15) is 27.6 Å². The summed E-state index contributed by atoms with van der Waals surface area (Å²) < 4.78 is 42.1. The van der Waals surface area contributed by atoms with E-state index in [0.717, 1.165) is 26.0 Å². The van der Waals surface area contributed by atoms with Crippen LogP contribution in [-0.4, -0.2) is 33.6 Å². The molecule has 0 bridgehead atoms. The van der Waals surface area contributed by atoms with Crippen LogP contribution in [0.25, 0.3) is 0 Å². The number of anilines is 1. The predicted octanol–water partition coefficient (Wildman–Crippen LogP) is 3.33. The molecule has 0 aliphatic rings. The van der Waals surface area contributed by atoms with E-state index < -0.39 is 34.9 Å². The van der Waals surface area contributed by atoms with Gasteiger partial charge in [0.15, 0.2) is 0 Å². The van der Waals surface area contributed by atoms with Gasteiger partial charge in [0.1, 0.15) is 17.6 Å². The lowest BCUT2D eigenvalue weighted by Crippen LogP contribution is -2.56. The third-order valence-corrected chi connectivity index (χ3v) is 5.09. The lowest BCUT2D eigenvalue weighted by atomic mass is 9.97. The molecule has 164 valence electrons. The van der Waals surface area contributed by atoms with Gasteiger partial charge >= 0.3 is 0 Å². The van der Waals surface area contributed by atoms with Gasteiger partial charge in [-0.1, -0.05) is 0 Å². The molecule has 10 heteroatoms. The van der Waals surface area contributed by atoms with Gasteiger partial charge in [0.05, 0.1) is 11.1 Å². The standard InChI is InChI=1S/C21H21F3N4O3/c1-11-14(17(29)19(31)27-20(2,3)21(4,23)24)9-16(28(11)5)18(30)26-13-6-7-15(22)12(8-13)10-25/h6-9H,1-5H3,(H,26,30)(H,27,31). The Kier molecular flexibility index (Phi) is 6.30. The van der Waals surface area contributed by atoms with E-state index in [-0.39, 0.29) is 28.2 Å². The Bertz CT molecular complexity index is 1110. The molecule has 1 aromatic carbocycles. The molecule has 7 nitrogen and oxygen atoms in total. The minimum Gasteiger partial charge on any atom is -0.343 e. The number of carbonyl (C=O) groups is 3. The van der Waals surface area contributed by atoms with Crippen LogP contribution in [0.3, 0.4) is 0 Å². The summed E-state index contributed by atoms with van der Waals surface area (Å²) in [6.07, 6.45) is 0. The smallest absolute Gasteiger partial charge is 0.293 e. The van der Waals surface area contributed by atoms with Crippen LogP contribution in [0.2, 0.25) is 0 Å². The van der Waals surface area contributed by atoms with Gasteiger partial charge in [0.25, 0.3) is 23.5 Å². The molecule has 0 saturated carbocycles. The lowest BCUT2D eigenvalue weighted by molar-refractivity contribution is -0.125. The third kappa shape index (κ3) is 4.77. The minimum absolute atomic E-state index is 0.00318. The highest BCUT2D eigenvalue weighted by molar-refractivity contribution is 6.43. The molecule has 31 heavy (non-hydrogen) atoms. The van der Waals surface area contributed by atoms with Crippen LogP contribution in [0.5, 0.6) is 0 Å². The Morgan fingerprint density at radius 2 is 1.74 bits per heavy atom. The van der Waals surface area contributed by atoms with E-state index in [1.807, 2.05) is 5.32 Å². The van der Waals surface area contributed by atoms with Crippen LogP contribution in [0.15, 0.2) is 24.3 Å². The highest BCUT2D eigenvalue weighted by Gasteiger charge is 2.44. The van der Waals surface area contributed by atoms with Crippen molar-refractivity contribution in [1.82, 2.24) is 9.88 Å². The maximum atomic E-state index is 13.6. The van der Waals surface area contributed by atoms with Crippen molar-refractivity contribution in [3.8, 4) is 6.07 Å². The molecule has 0 unspecified atom stereocenters. The van der Waals surface area contributed by atoms with Crippen LogP contribution < -0.4 is 10.6 Å². The van der Waals surface area contributed by atoms with Crippen molar-refractivity contribution in [3.63, 3.8) is 0 Å². The molecule has 0 fully saturated rings. The number of hydrogen-bond donors (Lipinski definition) is 2. The van der Waals surface area contributed by atoms with Crippen molar-refractivity contribution >= 4 is 23.3 Å². The molecule has 0 atom stereocenters. The number of halogens is 3. The molecule has 1 heterocycles. The van der Waals surface area contributed by atoms with Crippen LogP contribution >= 0.6 is 0 Å². The minimum atomic E-state index is -3.28. The second-order valence-electron chi connectivity index (χ2n) is 7.64. The van der Waals surface area contributed by atoms with E-state index in [0.29, 0.717) is 6.92 Å². The van der Waals surface area contributed by atoms with Gasteiger partial charge in [-0.3, -0.25) is 14.4 Å². The first-order valence-corrected chi connectivity index (χ1v) is 9.11. The van der Waals surface area contributed by atoms with Gasteiger partial charge in [-0.05, 0) is 45.0 Å². The second-order valence-corrected chi connectivity index (χ2v) is 7.64. The van der Waals surface area contributed by atoms with E-state index in [1.54, 1.807) is 6.07 Å². The number of Topliss-reactive ketones (excluding diaryl/α,β-unsaturated/α-hetero) is 1. The summed E-state index contributed by atoms with van der Waals surface area (Å²) in [6.45, 7) is 4.30. The summed E-state index contributed by atoms with van der Waals surface area (Å²) in [5, 5.41) is 13.4. The molecule has 2 aromatic rings. The third-order valence-electron chi connectivity index (χ3n) is 5.09. The molecule has 2 N–H and O–H groups in total. The van der Waals surface area contributed by atoms with Gasteiger partial charge in [-0.2, -0.15) is 5.26 Å². The summed E-state index contributed by atoms with van der Waals surface area (Å²) in [6, 6.07) is 6.25. The number of aromatic nitrogens is 1. The Balaban J connectivity index is 2.28. The first-order chi connectivity index (χ1) is 14.2. The molecule has 0 aliphatic heterocycles. The normalized spacial score (nSPS) is 11.6. The predicted molar refractivity (Wildman–Crippen MR) is 106 cm³/mol. The topological polar surface area (TPSA) is 104 Å². The second kappa shape index (κ2) is 8.26. The Morgan fingerprint density at radius 1 is 1.13 bits per heavy atom. The molecule has 1 aromatic heterocycles. The largest absolute Gasteiger partial charge is 0.343 e. The zero-order valence-electron chi connectivity index (χ0n) is 17.6. The fourth-order valence-electron chi connectivity index (χ4n) is 2.60. The van der Waals surface area contributed by atoms with E-state index in [1.165, 1.54) is 30.7 Å². The quantitative estimate of drug-likeness (QED) is 0.538. The maximum Gasteiger partial charge on any atom is 0.293 e. The zero-order chi connectivity index (χ0) is 23.7. The monoisotopic (exact) mass is 434 g/mol. The average Bonchev–Trinajstić information content (AvgIpc) is 2.96. The number of alkyl halides is 2. The number of rotatable bonds is 6. The van der Waals surface area contributed by atoms with Crippen molar-refractivity contribution < 1.29 is 27.6 Å². The van der Waals surface area contributed by atoms with E-state index in [4.69, 9.17) is 5.26 Å². The van der Waals surface area contributed by atoms with Gasteiger partial charge < -0.3 is 15.2 Å². The van der Waals surface area contributed by atoms with Crippen molar-refractivity contribution in [2.24, 2.45) is 7.05 Å². The van der Waals surface area contributed by atoms with Crippen molar-refractivity contribution in [2.45, 2.75) is 39.2 Å². The lowest BCUT2D eigenvalue weighted by Gasteiger charge is -2.31. The van der Waals surface area contributed by atoms with Crippen LogP contribution in [-0.2, 0) is 11.8 Å². The number of nitrogens with zero attached hydrogens (tertiary/aromatic N) is 2. The highest BCUT2D eigenvalue weighted by atomic mass is 19.3. The van der Waals surface area contributed by atoms with Gasteiger partial charge in [0, 0.05) is 30.9 Å². The SMILES string of the molecule is Cc1c(C(=O)C(=O)NC(C)(C)C(C)(F)F)cc(C(=O)Nc2ccc(F)c(C#N)c2)n1C. The summed E-state index contributed by atoms with van der Waals surface area (Å²) >= 11 is 0. The average molecular weight is 434 g/mol. The molecule has 2 amide bonds. The van der Waals surface area contributed by atoms with Crippen molar-refractivity contribution in [1.29, 1.82) is 5.26 Å². The Hall–Kier alpha value is -3.61. The number of nitriles is 1. The van der Waals surface area contributed by atoms with E-state index >= 15 is 0 Å². The van der Waals surface area contributed by atoms with Crippen LogP contribution in [0, 0.1) is 24.1 Å². The first kappa shape index (κ1) is 23.7. The number of amides is 2. The van der Waals surface area contributed by atoms with Crippen molar-refractivity contribution in [2.75, 3.05) is 5.32 Å². The molecular weight excluding hydrogens is 413 g/mol. The van der Waals surface area contributed by atoms with Crippen LogP contribution in [0.4, 0.5) is 18.9 Å². The van der Waals surface area contributed by atoms with Crippen molar-refractivity contribution in [3.05, 3.63) is 52.6 Å². The molecule has 0 aliphatic carbocycles. The highest BCUT2D eigenvalue weighted by Crippen LogP contribution is 2.27. The fourth-order valence-corrected chi connectivity index (χ4v) is 2.60. The fraction of sp³-hybridized carbons (Fsp3) is 0.333. The summed E-state index contributed by atoms with van der Waals surface area (Å²) in [4.78, 5) is 37.4. The number of benzene rings is 1. The van der Waals surface area contributed by atoms with E-state index in [2.05, 4.69) is 5.32 Å². The molecular formula is C21H21F3N4O3. The molecule has 0 radical (unpaired) electrons. The van der Waals surface area contributed by atoms with Gasteiger partial charge in [-0.15, -0.1) is 0 Å². The summed E-state index contributed by atoms with van der Waals surface area (Å²) in [7, 11) is 1.48. The summed E-state index contributed by atoms with van der Waals surface area (Å²) in [5.41, 5.74) is -1.94. The zero-order valence-corrected chi connectivity index (χ0v) is 17.6. The Morgan fingerprint density at radius 3 is 2.29 bits per heavy atom. The number of nitrogens with one attached hydrogen (secondary N) is 2. The molecule has 2 rings (SSSR count). The van der Waals surface area contributed by atoms with Gasteiger partial charge in [-0.25, -0.2) is 13.2 Å². The Labute approximate surface area is 176 Å². The maximum absolute atomic E-state index is 13.6.